The van der Waals surface area contributed by atoms with Crippen molar-refractivity contribution in [2.75, 3.05) is 33.8 Å². The quantitative estimate of drug-likeness (QED) is 0.758. The summed E-state index contributed by atoms with van der Waals surface area (Å²) in [5.41, 5.74) is 1.37. The molecule has 0 spiro atoms. The second-order valence-electron chi connectivity index (χ2n) is 7.61. The van der Waals surface area contributed by atoms with Crippen LogP contribution in [0, 0.1) is 5.82 Å². The smallest absolute Gasteiger partial charge is 0.251 e. The molecule has 1 aliphatic rings. The predicted molar refractivity (Wildman–Crippen MR) is 113 cm³/mol. The Bertz CT molecular complexity index is 867. The molecule has 1 aliphatic heterocycles. The number of nitrogens with zero attached hydrogens (tertiary/aromatic N) is 2. The summed E-state index contributed by atoms with van der Waals surface area (Å²) in [5.74, 6) is -0.319. The van der Waals surface area contributed by atoms with Gasteiger partial charge in [-0.2, -0.15) is 0 Å². The predicted octanol–water partition coefficient (Wildman–Crippen LogP) is 2.69. The van der Waals surface area contributed by atoms with Crippen LogP contribution in [0.3, 0.4) is 0 Å². The van der Waals surface area contributed by atoms with Crippen LogP contribution in [-0.4, -0.2) is 61.4 Å². The first-order chi connectivity index (χ1) is 14.5. The van der Waals surface area contributed by atoms with E-state index in [0.717, 1.165) is 25.9 Å². The molecule has 1 saturated heterocycles. The van der Waals surface area contributed by atoms with Gasteiger partial charge in [0.2, 0.25) is 5.91 Å². The lowest BCUT2D eigenvalue weighted by Crippen LogP contribution is -2.47. The summed E-state index contributed by atoms with van der Waals surface area (Å²) >= 11 is 0. The van der Waals surface area contributed by atoms with Gasteiger partial charge in [-0.15, -0.1) is 0 Å². The normalized spacial score (nSPS) is 14.9. The molecule has 0 aliphatic carbocycles. The molecule has 2 aromatic rings. The van der Waals surface area contributed by atoms with Gasteiger partial charge in [-0.3, -0.25) is 14.5 Å². The number of ether oxygens (including phenoxy) is 1. The van der Waals surface area contributed by atoms with Crippen molar-refractivity contribution < 1.29 is 18.7 Å². The number of hydrogen-bond acceptors (Lipinski definition) is 4. The molecule has 7 heteroatoms. The number of carbonyl (C=O) groups excluding carboxylic acids is 2. The number of rotatable bonds is 7. The molecule has 1 N–H and O–H groups in total. The van der Waals surface area contributed by atoms with Crippen LogP contribution < -0.4 is 10.1 Å². The second-order valence-corrected chi connectivity index (χ2v) is 7.61. The number of nitrogens with one attached hydrogen (secondary N) is 1. The Kier molecular flexibility index (Phi) is 7.41. The monoisotopic (exact) mass is 413 g/mol. The Morgan fingerprint density at radius 1 is 1.17 bits per heavy atom. The first-order valence-electron chi connectivity index (χ1n) is 10.1. The molecule has 160 valence electrons. The van der Waals surface area contributed by atoms with Crippen molar-refractivity contribution in [2.45, 2.75) is 25.4 Å². The third-order valence-electron chi connectivity index (χ3n) is 5.38. The van der Waals surface area contributed by atoms with E-state index in [-0.39, 0.29) is 23.6 Å². The Labute approximate surface area is 176 Å². The minimum absolute atomic E-state index is 0.0157. The lowest BCUT2D eigenvalue weighted by Gasteiger charge is -2.32. The molecule has 0 radical (unpaired) electrons. The van der Waals surface area contributed by atoms with Crippen molar-refractivity contribution in [3.63, 3.8) is 0 Å². The van der Waals surface area contributed by atoms with Crippen LogP contribution in [0.15, 0.2) is 48.5 Å². The summed E-state index contributed by atoms with van der Waals surface area (Å²) in [7, 11) is 3.14. The van der Waals surface area contributed by atoms with Gasteiger partial charge in [-0.1, -0.05) is 24.3 Å². The number of hydrogen-bond donors (Lipinski definition) is 1. The van der Waals surface area contributed by atoms with Gasteiger partial charge in [0.1, 0.15) is 0 Å². The largest absolute Gasteiger partial charge is 0.494 e. The van der Waals surface area contributed by atoms with Crippen molar-refractivity contribution >= 4 is 11.8 Å². The minimum Gasteiger partial charge on any atom is -0.494 e. The molecule has 0 unspecified atom stereocenters. The second kappa shape index (κ2) is 10.2. The molecule has 30 heavy (non-hydrogen) atoms. The number of likely N-dealkylation sites (tertiary alicyclic amines) is 1. The topological polar surface area (TPSA) is 61.9 Å². The molecule has 6 nitrogen and oxygen atoms in total. The SMILES string of the molecule is COc1ccc(CN(C)C(=O)CN2CCC(NC(=O)c3ccccc3)CC2)cc1F. The maximum absolute atomic E-state index is 13.8. The van der Waals surface area contributed by atoms with Crippen LogP contribution in [0.1, 0.15) is 28.8 Å². The molecule has 2 aromatic carbocycles. The van der Waals surface area contributed by atoms with Gasteiger partial charge in [0.15, 0.2) is 11.6 Å². The Morgan fingerprint density at radius 3 is 2.50 bits per heavy atom. The zero-order chi connectivity index (χ0) is 21.5. The van der Waals surface area contributed by atoms with Crippen LogP contribution in [-0.2, 0) is 11.3 Å². The van der Waals surface area contributed by atoms with E-state index >= 15 is 0 Å². The van der Waals surface area contributed by atoms with Gasteiger partial charge in [0, 0.05) is 38.3 Å². The van der Waals surface area contributed by atoms with E-state index < -0.39 is 5.82 Å². The van der Waals surface area contributed by atoms with Crippen molar-refractivity contribution in [1.29, 1.82) is 0 Å². The Morgan fingerprint density at radius 2 is 1.87 bits per heavy atom. The lowest BCUT2D eigenvalue weighted by molar-refractivity contribution is -0.131. The fraction of sp³-hybridized carbons (Fsp3) is 0.391. The molecule has 1 fully saturated rings. The molecule has 3 rings (SSSR count). The highest BCUT2D eigenvalue weighted by Gasteiger charge is 2.23. The number of piperidine rings is 1. The Hall–Kier alpha value is -2.93. The zero-order valence-corrected chi connectivity index (χ0v) is 17.4. The number of methoxy groups -OCH3 is 1. The molecule has 0 atom stereocenters. The standard InChI is InChI=1S/C23H28FN3O3/c1-26(15-17-8-9-21(30-2)20(24)14-17)22(28)16-27-12-10-19(11-13-27)25-23(29)18-6-4-3-5-7-18/h3-9,14,19H,10-13,15-16H2,1-2H3,(H,25,29). The number of likely N-dealkylation sites (N-methyl/N-ethyl adjacent to an activating group) is 1. The van der Waals surface area contributed by atoms with E-state index in [0.29, 0.717) is 24.2 Å². The van der Waals surface area contributed by atoms with Gasteiger partial charge in [-0.25, -0.2) is 4.39 Å². The van der Waals surface area contributed by atoms with Crippen LogP contribution >= 0.6 is 0 Å². The average Bonchev–Trinajstić information content (AvgIpc) is 2.75. The summed E-state index contributed by atoms with van der Waals surface area (Å²) < 4.78 is 18.8. The van der Waals surface area contributed by atoms with Gasteiger partial charge in [-0.05, 0) is 42.7 Å². The number of benzene rings is 2. The van der Waals surface area contributed by atoms with Gasteiger partial charge < -0.3 is 15.0 Å². The highest BCUT2D eigenvalue weighted by atomic mass is 19.1. The maximum atomic E-state index is 13.8. The summed E-state index contributed by atoms with van der Waals surface area (Å²) in [6, 6.07) is 14.0. The summed E-state index contributed by atoms with van der Waals surface area (Å²) in [6.45, 7) is 2.14. The molecule has 0 saturated carbocycles. The molecular formula is C23H28FN3O3. The molecule has 0 aromatic heterocycles. The molecule has 1 heterocycles. The van der Waals surface area contributed by atoms with Crippen LogP contribution in [0.5, 0.6) is 5.75 Å². The molecule has 0 bridgehead atoms. The van der Waals surface area contributed by atoms with E-state index in [1.165, 1.54) is 13.2 Å². The van der Waals surface area contributed by atoms with Crippen molar-refractivity contribution in [1.82, 2.24) is 15.1 Å². The van der Waals surface area contributed by atoms with E-state index in [4.69, 9.17) is 4.74 Å². The average molecular weight is 413 g/mol. The van der Waals surface area contributed by atoms with E-state index in [1.807, 2.05) is 18.2 Å². The van der Waals surface area contributed by atoms with E-state index in [2.05, 4.69) is 10.2 Å². The number of amides is 2. The summed E-state index contributed by atoms with van der Waals surface area (Å²) in [5, 5.41) is 3.07. The highest BCUT2D eigenvalue weighted by Crippen LogP contribution is 2.19. The maximum Gasteiger partial charge on any atom is 0.251 e. The van der Waals surface area contributed by atoms with Crippen molar-refractivity contribution in [3.05, 3.63) is 65.5 Å². The summed E-state index contributed by atoms with van der Waals surface area (Å²) in [4.78, 5) is 28.5. The lowest BCUT2D eigenvalue weighted by atomic mass is 10.0. The van der Waals surface area contributed by atoms with E-state index in [1.54, 1.807) is 36.2 Å². The fourth-order valence-corrected chi connectivity index (χ4v) is 3.58. The van der Waals surface area contributed by atoms with Crippen molar-refractivity contribution in [2.24, 2.45) is 0 Å². The van der Waals surface area contributed by atoms with Crippen molar-refractivity contribution in [3.8, 4) is 5.75 Å². The first kappa shape index (κ1) is 21.8. The van der Waals surface area contributed by atoms with Crippen LogP contribution in [0.2, 0.25) is 0 Å². The summed E-state index contributed by atoms with van der Waals surface area (Å²) in [6.07, 6.45) is 1.61. The first-order valence-corrected chi connectivity index (χ1v) is 10.1. The number of carbonyl (C=O) groups is 2. The van der Waals surface area contributed by atoms with E-state index in [9.17, 15) is 14.0 Å². The van der Waals surface area contributed by atoms with Gasteiger partial charge >= 0.3 is 0 Å². The van der Waals surface area contributed by atoms with Gasteiger partial charge in [0.25, 0.3) is 5.91 Å². The van der Waals surface area contributed by atoms with Crippen LogP contribution in [0.4, 0.5) is 4.39 Å². The zero-order valence-electron chi connectivity index (χ0n) is 17.4. The fourth-order valence-electron chi connectivity index (χ4n) is 3.58. The Balaban J connectivity index is 1.43. The van der Waals surface area contributed by atoms with Gasteiger partial charge in [0.05, 0.1) is 13.7 Å². The third kappa shape index (κ3) is 5.79. The third-order valence-corrected chi connectivity index (χ3v) is 5.38. The molecule has 2 amide bonds. The highest BCUT2D eigenvalue weighted by molar-refractivity contribution is 5.94. The number of halogens is 1. The van der Waals surface area contributed by atoms with Crippen LogP contribution in [0.25, 0.3) is 0 Å². The minimum atomic E-state index is -0.435. The molecular weight excluding hydrogens is 385 g/mol.